The Morgan fingerprint density at radius 1 is 1.33 bits per heavy atom. The molecule has 1 aromatic carbocycles. The van der Waals surface area contributed by atoms with Gasteiger partial charge in [-0.05, 0) is 5.56 Å². The molecule has 0 aliphatic carbocycles. The lowest BCUT2D eigenvalue weighted by molar-refractivity contribution is -0.127. The van der Waals surface area contributed by atoms with Gasteiger partial charge in [-0.1, -0.05) is 30.3 Å². The molecule has 3 rings (SSSR count). The molecule has 0 aromatic heterocycles. The zero-order chi connectivity index (χ0) is 10.3. The van der Waals surface area contributed by atoms with Crippen molar-refractivity contribution < 1.29 is 9.63 Å². The summed E-state index contributed by atoms with van der Waals surface area (Å²) in [6.45, 7) is 1.26. The molecule has 1 amide bonds. The second kappa shape index (κ2) is 3.05. The van der Waals surface area contributed by atoms with Crippen LogP contribution in [0.25, 0.3) is 0 Å². The van der Waals surface area contributed by atoms with Gasteiger partial charge in [0, 0.05) is 12.5 Å². The molecular weight excluding hydrogens is 192 g/mol. The van der Waals surface area contributed by atoms with Gasteiger partial charge in [-0.15, -0.1) is 0 Å². The fraction of sp³-hybridized carbons (Fsp3) is 0.364. The van der Waals surface area contributed by atoms with E-state index in [1.165, 1.54) is 0 Å². The largest absolute Gasteiger partial charge is 0.354 e. The van der Waals surface area contributed by atoms with Crippen LogP contribution in [0, 0.1) is 5.92 Å². The highest BCUT2D eigenvalue weighted by Gasteiger charge is 2.55. The lowest BCUT2D eigenvalue weighted by Crippen LogP contribution is -2.46. The molecule has 0 radical (unpaired) electrons. The SMILES string of the molecule is O=C1NCC2CONC12c1ccccc1. The lowest BCUT2D eigenvalue weighted by Gasteiger charge is -2.24. The minimum atomic E-state index is -0.665. The van der Waals surface area contributed by atoms with Crippen molar-refractivity contribution >= 4 is 5.91 Å². The number of benzene rings is 1. The highest BCUT2D eigenvalue weighted by molar-refractivity contribution is 5.90. The van der Waals surface area contributed by atoms with E-state index in [4.69, 9.17) is 4.84 Å². The molecule has 0 spiro atoms. The first-order chi connectivity index (χ1) is 7.34. The summed E-state index contributed by atoms with van der Waals surface area (Å²) in [7, 11) is 0. The van der Waals surface area contributed by atoms with Crippen LogP contribution in [0.1, 0.15) is 5.56 Å². The summed E-state index contributed by atoms with van der Waals surface area (Å²) < 4.78 is 0. The number of carbonyl (C=O) groups is 1. The zero-order valence-corrected chi connectivity index (χ0v) is 8.19. The van der Waals surface area contributed by atoms with E-state index in [0.29, 0.717) is 13.2 Å². The Morgan fingerprint density at radius 3 is 2.93 bits per heavy atom. The minimum absolute atomic E-state index is 0.0104. The van der Waals surface area contributed by atoms with E-state index in [0.717, 1.165) is 5.56 Å². The Balaban J connectivity index is 2.11. The Bertz CT molecular complexity index is 393. The number of nitrogens with one attached hydrogen (secondary N) is 2. The van der Waals surface area contributed by atoms with Gasteiger partial charge in [0.05, 0.1) is 6.61 Å². The van der Waals surface area contributed by atoms with Crippen molar-refractivity contribution in [2.24, 2.45) is 5.92 Å². The van der Waals surface area contributed by atoms with E-state index < -0.39 is 5.54 Å². The van der Waals surface area contributed by atoms with Gasteiger partial charge in [0.15, 0.2) is 5.54 Å². The summed E-state index contributed by atoms with van der Waals surface area (Å²) in [5.41, 5.74) is 3.20. The van der Waals surface area contributed by atoms with Crippen molar-refractivity contribution in [3.05, 3.63) is 35.9 Å². The van der Waals surface area contributed by atoms with E-state index in [2.05, 4.69) is 10.8 Å². The summed E-state index contributed by atoms with van der Waals surface area (Å²) in [6, 6.07) is 9.73. The predicted octanol–water partition coefficient (Wildman–Crippen LogP) is 0.163. The molecule has 78 valence electrons. The topological polar surface area (TPSA) is 50.4 Å². The zero-order valence-electron chi connectivity index (χ0n) is 8.19. The van der Waals surface area contributed by atoms with E-state index in [1.54, 1.807) is 0 Å². The Labute approximate surface area is 87.6 Å². The van der Waals surface area contributed by atoms with Gasteiger partial charge in [0.25, 0.3) is 0 Å². The molecule has 15 heavy (non-hydrogen) atoms. The van der Waals surface area contributed by atoms with Crippen molar-refractivity contribution in [1.29, 1.82) is 0 Å². The smallest absolute Gasteiger partial charge is 0.247 e. The van der Waals surface area contributed by atoms with Crippen molar-refractivity contribution in [3.63, 3.8) is 0 Å². The highest BCUT2D eigenvalue weighted by atomic mass is 16.7. The van der Waals surface area contributed by atoms with Crippen LogP contribution in [-0.2, 0) is 15.2 Å². The molecular formula is C11H12N2O2. The summed E-state index contributed by atoms with van der Waals surface area (Å²) >= 11 is 0. The standard InChI is InChI=1S/C11H12N2O2/c14-10-11(8-4-2-1-3-5-8)9(6-12-10)7-15-13-11/h1-5,9,13H,6-7H2,(H,12,14). The third kappa shape index (κ3) is 1.06. The minimum Gasteiger partial charge on any atom is -0.354 e. The monoisotopic (exact) mass is 204 g/mol. The van der Waals surface area contributed by atoms with Gasteiger partial charge in [-0.25, -0.2) is 0 Å². The first-order valence-corrected chi connectivity index (χ1v) is 5.07. The van der Waals surface area contributed by atoms with Gasteiger partial charge in [0.1, 0.15) is 0 Å². The van der Waals surface area contributed by atoms with Gasteiger partial charge in [0.2, 0.25) is 5.91 Å². The second-order valence-corrected chi connectivity index (χ2v) is 3.99. The third-order valence-corrected chi connectivity index (χ3v) is 3.23. The van der Waals surface area contributed by atoms with Gasteiger partial charge >= 0.3 is 0 Å². The number of amides is 1. The number of hydroxylamine groups is 1. The molecule has 0 saturated carbocycles. The van der Waals surface area contributed by atoms with Crippen LogP contribution in [0.3, 0.4) is 0 Å². The van der Waals surface area contributed by atoms with Crippen molar-refractivity contribution in [2.75, 3.05) is 13.2 Å². The molecule has 0 bridgehead atoms. The molecule has 2 saturated heterocycles. The van der Waals surface area contributed by atoms with E-state index >= 15 is 0 Å². The average Bonchev–Trinajstić information content (AvgIpc) is 2.82. The fourth-order valence-electron chi connectivity index (χ4n) is 2.39. The van der Waals surface area contributed by atoms with Gasteiger partial charge in [-0.2, -0.15) is 5.48 Å². The quantitative estimate of drug-likeness (QED) is 0.685. The maximum Gasteiger partial charge on any atom is 0.247 e. The average molecular weight is 204 g/mol. The predicted molar refractivity (Wildman–Crippen MR) is 53.7 cm³/mol. The van der Waals surface area contributed by atoms with Crippen molar-refractivity contribution in [3.8, 4) is 0 Å². The lowest BCUT2D eigenvalue weighted by atomic mass is 9.82. The van der Waals surface area contributed by atoms with Gasteiger partial charge in [-0.3, -0.25) is 9.63 Å². The van der Waals surface area contributed by atoms with E-state index in [9.17, 15) is 4.79 Å². The summed E-state index contributed by atoms with van der Waals surface area (Å²) in [5, 5.41) is 2.88. The Hall–Kier alpha value is -1.39. The van der Waals surface area contributed by atoms with Crippen LogP contribution >= 0.6 is 0 Å². The number of rotatable bonds is 1. The normalized spacial score (nSPS) is 33.9. The fourth-order valence-corrected chi connectivity index (χ4v) is 2.39. The maximum absolute atomic E-state index is 11.9. The van der Waals surface area contributed by atoms with Crippen molar-refractivity contribution in [2.45, 2.75) is 5.54 Å². The molecule has 2 aliphatic rings. The van der Waals surface area contributed by atoms with E-state index in [1.807, 2.05) is 30.3 Å². The molecule has 2 atom stereocenters. The molecule has 4 heteroatoms. The number of fused-ring (bicyclic) bond motifs is 1. The number of hydrogen-bond donors (Lipinski definition) is 2. The highest BCUT2D eigenvalue weighted by Crippen LogP contribution is 2.37. The maximum atomic E-state index is 11.9. The third-order valence-electron chi connectivity index (χ3n) is 3.23. The molecule has 2 N–H and O–H groups in total. The van der Waals surface area contributed by atoms with Gasteiger partial charge < -0.3 is 5.32 Å². The molecule has 2 fully saturated rings. The van der Waals surface area contributed by atoms with E-state index in [-0.39, 0.29) is 11.8 Å². The number of hydrogen-bond acceptors (Lipinski definition) is 3. The molecule has 2 unspecified atom stereocenters. The molecule has 1 aromatic rings. The Morgan fingerprint density at radius 2 is 2.13 bits per heavy atom. The van der Waals surface area contributed by atoms with Crippen LogP contribution in [0.5, 0.6) is 0 Å². The molecule has 4 nitrogen and oxygen atoms in total. The van der Waals surface area contributed by atoms with Crippen LogP contribution in [0.15, 0.2) is 30.3 Å². The first kappa shape index (κ1) is 8.88. The number of carbonyl (C=O) groups excluding carboxylic acids is 1. The summed E-state index contributed by atoms with van der Waals surface area (Å²) in [5.74, 6) is 0.198. The summed E-state index contributed by atoms with van der Waals surface area (Å²) in [6.07, 6.45) is 0. The first-order valence-electron chi connectivity index (χ1n) is 5.07. The van der Waals surface area contributed by atoms with Crippen LogP contribution in [0.4, 0.5) is 0 Å². The Kier molecular flexibility index (Phi) is 1.81. The van der Waals surface area contributed by atoms with Crippen LogP contribution in [-0.4, -0.2) is 19.1 Å². The molecule has 2 heterocycles. The van der Waals surface area contributed by atoms with Crippen LogP contribution in [0.2, 0.25) is 0 Å². The second-order valence-electron chi connectivity index (χ2n) is 3.99. The van der Waals surface area contributed by atoms with Crippen molar-refractivity contribution in [1.82, 2.24) is 10.8 Å². The molecule has 2 aliphatic heterocycles. The van der Waals surface area contributed by atoms with Crippen LogP contribution < -0.4 is 10.8 Å². The summed E-state index contributed by atoms with van der Waals surface area (Å²) in [4.78, 5) is 17.2.